The summed E-state index contributed by atoms with van der Waals surface area (Å²) in [5.41, 5.74) is 1.26. The number of rotatable bonds is 5. The predicted molar refractivity (Wildman–Crippen MR) is 104 cm³/mol. The lowest BCUT2D eigenvalue weighted by atomic mass is 9.78. The van der Waals surface area contributed by atoms with Gasteiger partial charge in [0.25, 0.3) is 0 Å². The zero-order chi connectivity index (χ0) is 16.1. The average Bonchev–Trinajstić information content (AvgIpc) is 3.11. The number of benzene rings is 1. The molecule has 1 aromatic carbocycles. The van der Waals surface area contributed by atoms with Crippen LogP contribution in [0.2, 0.25) is 0 Å². The Labute approximate surface area is 160 Å². The molecule has 1 saturated heterocycles. The van der Waals surface area contributed by atoms with E-state index >= 15 is 0 Å². The molecule has 1 aromatic heterocycles. The van der Waals surface area contributed by atoms with Gasteiger partial charge in [-0.1, -0.05) is 12.1 Å². The van der Waals surface area contributed by atoms with Crippen molar-refractivity contribution in [2.24, 2.45) is 5.41 Å². The van der Waals surface area contributed by atoms with E-state index in [1.54, 1.807) is 19.5 Å². The molecule has 2 aromatic rings. The van der Waals surface area contributed by atoms with Gasteiger partial charge in [-0.3, -0.25) is 4.79 Å². The van der Waals surface area contributed by atoms with Crippen LogP contribution in [-0.2, 0) is 9.53 Å². The first-order valence-electron chi connectivity index (χ1n) is 7.84. The molecule has 0 radical (unpaired) electrons. The second-order valence-corrected chi connectivity index (χ2v) is 5.94. The van der Waals surface area contributed by atoms with Gasteiger partial charge in [-0.2, -0.15) is 0 Å². The quantitative estimate of drug-likeness (QED) is 0.737. The van der Waals surface area contributed by atoms with E-state index in [9.17, 15) is 4.79 Å². The molecule has 8 heteroatoms. The van der Waals surface area contributed by atoms with E-state index in [2.05, 4.69) is 20.6 Å². The number of piperidine rings is 1. The zero-order valence-corrected chi connectivity index (χ0v) is 15.7. The Morgan fingerprint density at radius 2 is 2.08 bits per heavy atom. The molecule has 1 amide bonds. The van der Waals surface area contributed by atoms with Gasteiger partial charge in [0.15, 0.2) is 0 Å². The van der Waals surface area contributed by atoms with Crippen LogP contribution >= 0.6 is 24.8 Å². The summed E-state index contributed by atoms with van der Waals surface area (Å²) in [6.45, 7) is 2.12. The molecule has 0 aliphatic carbocycles. The van der Waals surface area contributed by atoms with E-state index in [0.717, 1.165) is 43.0 Å². The van der Waals surface area contributed by atoms with Crippen LogP contribution in [0, 0.1) is 5.41 Å². The molecule has 3 rings (SSSR count). The second-order valence-electron chi connectivity index (χ2n) is 5.94. The number of amides is 1. The number of H-pyrrole nitrogens is 1. The highest BCUT2D eigenvalue weighted by Crippen LogP contribution is 2.31. The number of carbonyl (C=O) groups is 1. The highest BCUT2D eigenvalue weighted by atomic mass is 35.5. The summed E-state index contributed by atoms with van der Waals surface area (Å²) in [7, 11) is 1.65. The molecule has 25 heavy (non-hydrogen) atoms. The van der Waals surface area contributed by atoms with Gasteiger partial charge in [0.2, 0.25) is 5.91 Å². The molecule has 0 spiro atoms. The number of ether oxygens (including phenoxy) is 1. The summed E-state index contributed by atoms with van der Waals surface area (Å²) in [5, 5.41) is 6.35. The van der Waals surface area contributed by atoms with E-state index < -0.39 is 5.41 Å². The van der Waals surface area contributed by atoms with Crippen molar-refractivity contribution in [1.82, 2.24) is 15.3 Å². The number of carbonyl (C=O) groups excluding carboxylic acids is 1. The van der Waals surface area contributed by atoms with Crippen LogP contribution in [-0.4, -0.2) is 42.7 Å². The highest BCUT2D eigenvalue weighted by molar-refractivity contribution is 5.96. The van der Waals surface area contributed by atoms with Crippen LogP contribution in [0.5, 0.6) is 0 Å². The van der Waals surface area contributed by atoms with E-state index in [1.807, 2.05) is 24.3 Å². The average molecular weight is 387 g/mol. The first-order valence-corrected chi connectivity index (χ1v) is 7.84. The molecule has 138 valence electrons. The van der Waals surface area contributed by atoms with Crippen LogP contribution < -0.4 is 10.6 Å². The third kappa shape index (κ3) is 4.95. The number of aromatic amines is 1. The van der Waals surface area contributed by atoms with Crippen LogP contribution in [0.4, 0.5) is 5.69 Å². The zero-order valence-electron chi connectivity index (χ0n) is 14.1. The number of halogens is 2. The molecule has 1 aliphatic rings. The van der Waals surface area contributed by atoms with Gasteiger partial charge in [-0.05, 0) is 38.1 Å². The largest absolute Gasteiger partial charge is 0.384 e. The Kier molecular flexibility index (Phi) is 8.38. The fourth-order valence-corrected chi connectivity index (χ4v) is 3.05. The fraction of sp³-hybridized carbons (Fsp3) is 0.412. The van der Waals surface area contributed by atoms with Gasteiger partial charge in [0, 0.05) is 30.8 Å². The van der Waals surface area contributed by atoms with E-state index in [4.69, 9.17) is 4.74 Å². The number of hydrogen-bond donors (Lipinski definition) is 3. The Morgan fingerprint density at radius 3 is 2.72 bits per heavy atom. The van der Waals surface area contributed by atoms with Crippen LogP contribution in [0.25, 0.3) is 11.4 Å². The van der Waals surface area contributed by atoms with Crippen molar-refractivity contribution in [3.63, 3.8) is 0 Å². The SMILES string of the molecule is COCC1(C(=O)Nc2cccc(-c3ncc[nH]3)c2)CCNCC1.Cl.Cl. The van der Waals surface area contributed by atoms with Crippen molar-refractivity contribution in [3.8, 4) is 11.4 Å². The van der Waals surface area contributed by atoms with Crippen molar-refractivity contribution >= 4 is 36.4 Å². The standard InChI is InChI=1S/C17H22N4O2.2ClH/c1-23-12-17(5-7-18-8-6-17)16(22)21-14-4-2-3-13(11-14)15-19-9-10-20-15;;/h2-4,9-11,18H,5-8,12H2,1H3,(H,19,20)(H,21,22);2*1H. The molecule has 0 bridgehead atoms. The van der Waals surface area contributed by atoms with Gasteiger partial charge in [0.05, 0.1) is 12.0 Å². The van der Waals surface area contributed by atoms with E-state index in [-0.39, 0.29) is 30.7 Å². The minimum absolute atomic E-state index is 0. The maximum absolute atomic E-state index is 12.8. The van der Waals surface area contributed by atoms with Crippen molar-refractivity contribution in [1.29, 1.82) is 0 Å². The summed E-state index contributed by atoms with van der Waals surface area (Å²) in [6, 6.07) is 7.70. The van der Waals surface area contributed by atoms with Crippen LogP contribution in [0.3, 0.4) is 0 Å². The highest BCUT2D eigenvalue weighted by Gasteiger charge is 2.39. The number of anilines is 1. The topological polar surface area (TPSA) is 79.0 Å². The normalized spacial score (nSPS) is 15.6. The molecule has 0 saturated carbocycles. The predicted octanol–water partition coefficient (Wildman–Crippen LogP) is 2.88. The first kappa shape index (κ1) is 21.4. The van der Waals surface area contributed by atoms with E-state index in [0.29, 0.717) is 6.61 Å². The number of nitrogens with zero attached hydrogens (tertiary/aromatic N) is 1. The maximum Gasteiger partial charge on any atom is 0.233 e. The number of aromatic nitrogens is 2. The molecular formula is C17H24Cl2N4O2. The number of methoxy groups -OCH3 is 1. The molecule has 3 N–H and O–H groups in total. The molecule has 1 fully saturated rings. The molecule has 1 aliphatic heterocycles. The maximum atomic E-state index is 12.8. The number of hydrogen-bond acceptors (Lipinski definition) is 4. The van der Waals surface area contributed by atoms with Crippen molar-refractivity contribution < 1.29 is 9.53 Å². The Balaban J connectivity index is 0.00000156. The number of nitrogens with one attached hydrogen (secondary N) is 3. The minimum atomic E-state index is -0.458. The van der Waals surface area contributed by atoms with E-state index in [1.165, 1.54) is 0 Å². The summed E-state index contributed by atoms with van der Waals surface area (Å²) in [5.74, 6) is 0.812. The Bertz CT molecular complexity index is 653. The van der Waals surface area contributed by atoms with Gasteiger partial charge < -0.3 is 20.4 Å². The van der Waals surface area contributed by atoms with Gasteiger partial charge >= 0.3 is 0 Å². The summed E-state index contributed by atoms with van der Waals surface area (Å²) >= 11 is 0. The molecule has 0 unspecified atom stereocenters. The Hall–Kier alpha value is -1.60. The third-order valence-electron chi connectivity index (χ3n) is 4.36. The minimum Gasteiger partial charge on any atom is -0.384 e. The van der Waals surface area contributed by atoms with Gasteiger partial charge in [-0.25, -0.2) is 4.98 Å². The molecule has 6 nitrogen and oxygen atoms in total. The molecular weight excluding hydrogens is 363 g/mol. The summed E-state index contributed by atoms with van der Waals surface area (Å²) < 4.78 is 5.32. The third-order valence-corrected chi connectivity index (χ3v) is 4.36. The molecule has 0 atom stereocenters. The lowest BCUT2D eigenvalue weighted by molar-refractivity contribution is -0.130. The lowest BCUT2D eigenvalue weighted by Gasteiger charge is -2.35. The van der Waals surface area contributed by atoms with Crippen molar-refractivity contribution in [3.05, 3.63) is 36.7 Å². The summed E-state index contributed by atoms with van der Waals surface area (Å²) in [6.07, 6.45) is 5.06. The van der Waals surface area contributed by atoms with Gasteiger partial charge in [-0.15, -0.1) is 24.8 Å². The smallest absolute Gasteiger partial charge is 0.233 e. The van der Waals surface area contributed by atoms with Crippen LogP contribution in [0.15, 0.2) is 36.7 Å². The summed E-state index contributed by atoms with van der Waals surface area (Å²) in [4.78, 5) is 20.2. The Morgan fingerprint density at radius 1 is 1.32 bits per heavy atom. The van der Waals surface area contributed by atoms with Crippen molar-refractivity contribution in [2.45, 2.75) is 12.8 Å². The fourth-order valence-electron chi connectivity index (χ4n) is 3.05. The van der Waals surface area contributed by atoms with Crippen LogP contribution in [0.1, 0.15) is 12.8 Å². The first-order chi connectivity index (χ1) is 11.2. The van der Waals surface area contributed by atoms with Crippen molar-refractivity contribution in [2.75, 3.05) is 32.1 Å². The van der Waals surface area contributed by atoms with Gasteiger partial charge in [0.1, 0.15) is 5.82 Å². The monoisotopic (exact) mass is 386 g/mol. The second kappa shape index (κ2) is 9.77. The lowest BCUT2D eigenvalue weighted by Crippen LogP contribution is -2.47. The number of imidazole rings is 1. The molecule has 2 heterocycles.